The van der Waals surface area contributed by atoms with Gasteiger partial charge in [0, 0.05) is 12.3 Å². The van der Waals surface area contributed by atoms with E-state index in [9.17, 15) is 4.79 Å². The number of hydrogen-bond acceptors (Lipinski definition) is 1. The van der Waals surface area contributed by atoms with Gasteiger partial charge in [0.05, 0.1) is 0 Å². The van der Waals surface area contributed by atoms with Gasteiger partial charge in [0.1, 0.15) is 5.78 Å². The van der Waals surface area contributed by atoms with Crippen LogP contribution in [-0.4, -0.2) is 5.78 Å². The Bertz CT molecular complexity index is 238. The maximum Gasteiger partial charge on any atom is 0.136 e. The van der Waals surface area contributed by atoms with Crippen LogP contribution in [0.5, 0.6) is 0 Å². The van der Waals surface area contributed by atoms with E-state index >= 15 is 0 Å². The van der Waals surface area contributed by atoms with Gasteiger partial charge in [0.15, 0.2) is 0 Å². The van der Waals surface area contributed by atoms with Crippen LogP contribution in [0.1, 0.15) is 77.6 Å². The molecule has 17 heavy (non-hydrogen) atoms. The van der Waals surface area contributed by atoms with E-state index in [1.165, 1.54) is 64.2 Å². The SMILES string of the molecule is CCCC1CCC(=O)C(C2CCCCCC2)C1. The lowest BCUT2D eigenvalue weighted by atomic mass is 9.71. The van der Waals surface area contributed by atoms with Crippen LogP contribution >= 0.6 is 0 Å². The zero-order valence-electron chi connectivity index (χ0n) is 11.4. The van der Waals surface area contributed by atoms with E-state index in [0.717, 1.165) is 18.3 Å². The fourth-order valence-electron chi connectivity index (χ4n) is 3.98. The first-order valence-corrected chi connectivity index (χ1v) is 7.84. The minimum absolute atomic E-state index is 0.443. The van der Waals surface area contributed by atoms with Crippen LogP contribution in [0.3, 0.4) is 0 Å². The van der Waals surface area contributed by atoms with Gasteiger partial charge in [-0.15, -0.1) is 0 Å². The lowest BCUT2D eigenvalue weighted by molar-refractivity contribution is -0.127. The van der Waals surface area contributed by atoms with Crippen LogP contribution in [0.4, 0.5) is 0 Å². The number of rotatable bonds is 3. The summed E-state index contributed by atoms with van der Waals surface area (Å²) < 4.78 is 0. The van der Waals surface area contributed by atoms with Crippen LogP contribution in [0, 0.1) is 17.8 Å². The van der Waals surface area contributed by atoms with Gasteiger partial charge in [-0.3, -0.25) is 4.79 Å². The largest absolute Gasteiger partial charge is 0.299 e. The van der Waals surface area contributed by atoms with Crippen molar-refractivity contribution in [3.05, 3.63) is 0 Å². The van der Waals surface area contributed by atoms with Crippen LogP contribution < -0.4 is 0 Å². The predicted molar refractivity (Wildman–Crippen MR) is 71.9 cm³/mol. The smallest absolute Gasteiger partial charge is 0.136 e. The summed E-state index contributed by atoms with van der Waals surface area (Å²) in [5, 5.41) is 0. The van der Waals surface area contributed by atoms with Crippen molar-refractivity contribution >= 4 is 5.78 Å². The molecule has 2 unspecified atom stereocenters. The molecule has 0 N–H and O–H groups in total. The molecule has 0 saturated heterocycles. The highest BCUT2D eigenvalue weighted by Crippen LogP contribution is 2.39. The molecule has 2 rings (SSSR count). The Morgan fingerprint density at radius 1 is 1.06 bits per heavy atom. The summed E-state index contributed by atoms with van der Waals surface area (Å²) in [6.07, 6.45) is 14.1. The molecule has 0 aromatic rings. The van der Waals surface area contributed by atoms with Crippen molar-refractivity contribution in [1.82, 2.24) is 0 Å². The Kier molecular flexibility index (Phi) is 5.06. The van der Waals surface area contributed by atoms with E-state index in [1.807, 2.05) is 0 Å². The van der Waals surface area contributed by atoms with Crippen molar-refractivity contribution in [2.75, 3.05) is 0 Å². The molecular weight excluding hydrogens is 208 g/mol. The molecule has 2 fully saturated rings. The molecule has 2 saturated carbocycles. The molecule has 2 aliphatic carbocycles. The lowest BCUT2D eigenvalue weighted by Crippen LogP contribution is -2.30. The molecule has 0 aromatic heterocycles. The Balaban J connectivity index is 1.93. The summed E-state index contributed by atoms with van der Waals surface area (Å²) in [7, 11) is 0. The number of ketones is 1. The first-order valence-electron chi connectivity index (χ1n) is 7.84. The van der Waals surface area contributed by atoms with Gasteiger partial charge >= 0.3 is 0 Å². The molecule has 2 atom stereocenters. The molecule has 1 nitrogen and oxygen atoms in total. The second kappa shape index (κ2) is 6.56. The fraction of sp³-hybridized carbons (Fsp3) is 0.938. The first kappa shape index (κ1) is 13.1. The number of hydrogen-bond donors (Lipinski definition) is 0. The van der Waals surface area contributed by atoms with Crippen LogP contribution in [-0.2, 0) is 4.79 Å². The Hall–Kier alpha value is -0.330. The van der Waals surface area contributed by atoms with Gasteiger partial charge in [-0.1, -0.05) is 45.4 Å². The summed E-state index contributed by atoms with van der Waals surface area (Å²) in [5.74, 6) is 2.64. The second-order valence-electron chi connectivity index (χ2n) is 6.25. The van der Waals surface area contributed by atoms with Crippen LogP contribution in [0.15, 0.2) is 0 Å². The Labute approximate surface area is 106 Å². The first-order chi connectivity index (χ1) is 8.31. The van der Waals surface area contributed by atoms with Crippen molar-refractivity contribution in [3.63, 3.8) is 0 Å². The lowest BCUT2D eigenvalue weighted by Gasteiger charge is -2.33. The van der Waals surface area contributed by atoms with Gasteiger partial charge in [0.2, 0.25) is 0 Å². The average Bonchev–Trinajstić information content (AvgIpc) is 2.60. The van der Waals surface area contributed by atoms with E-state index in [2.05, 4.69) is 6.92 Å². The monoisotopic (exact) mass is 236 g/mol. The third-order valence-electron chi connectivity index (χ3n) is 4.97. The normalized spacial score (nSPS) is 32.4. The molecule has 0 radical (unpaired) electrons. The van der Waals surface area contributed by atoms with Gasteiger partial charge in [0.25, 0.3) is 0 Å². The molecule has 0 amide bonds. The molecule has 98 valence electrons. The molecule has 0 bridgehead atoms. The standard InChI is InChI=1S/C16H28O/c1-2-7-13-10-11-16(17)15(12-13)14-8-5-3-4-6-9-14/h13-15H,2-12H2,1H3. The van der Waals surface area contributed by atoms with E-state index in [1.54, 1.807) is 0 Å². The molecule has 1 heteroatoms. The van der Waals surface area contributed by atoms with Crippen molar-refractivity contribution in [2.24, 2.45) is 17.8 Å². The van der Waals surface area contributed by atoms with E-state index < -0.39 is 0 Å². The number of carbonyl (C=O) groups excluding carboxylic acids is 1. The zero-order valence-corrected chi connectivity index (χ0v) is 11.4. The van der Waals surface area contributed by atoms with Gasteiger partial charge in [-0.2, -0.15) is 0 Å². The highest BCUT2D eigenvalue weighted by Gasteiger charge is 2.33. The maximum absolute atomic E-state index is 12.2. The van der Waals surface area contributed by atoms with Gasteiger partial charge < -0.3 is 0 Å². The van der Waals surface area contributed by atoms with Crippen molar-refractivity contribution < 1.29 is 4.79 Å². The molecular formula is C16H28O. The number of Topliss-reactive ketones (excluding diaryl/α,β-unsaturated/α-hetero) is 1. The molecule has 0 spiro atoms. The van der Waals surface area contributed by atoms with Gasteiger partial charge in [-0.05, 0) is 37.5 Å². The molecule has 0 aliphatic heterocycles. The topological polar surface area (TPSA) is 17.1 Å². The number of carbonyl (C=O) groups is 1. The molecule has 2 aliphatic rings. The van der Waals surface area contributed by atoms with E-state index in [-0.39, 0.29) is 0 Å². The third kappa shape index (κ3) is 3.56. The van der Waals surface area contributed by atoms with Crippen molar-refractivity contribution in [3.8, 4) is 0 Å². The fourth-order valence-corrected chi connectivity index (χ4v) is 3.98. The van der Waals surface area contributed by atoms with E-state index in [0.29, 0.717) is 11.7 Å². The maximum atomic E-state index is 12.2. The van der Waals surface area contributed by atoms with Gasteiger partial charge in [-0.25, -0.2) is 0 Å². The van der Waals surface area contributed by atoms with Crippen LogP contribution in [0.2, 0.25) is 0 Å². The zero-order chi connectivity index (χ0) is 12.1. The minimum atomic E-state index is 0.443. The molecule has 0 heterocycles. The predicted octanol–water partition coefficient (Wildman–Crippen LogP) is 4.74. The molecule has 0 aromatic carbocycles. The summed E-state index contributed by atoms with van der Waals surface area (Å²) >= 11 is 0. The summed E-state index contributed by atoms with van der Waals surface area (Å²) in [5.41, 5.74) is 0. The van der Waals surface area contributed by atoms with Crippen LogP contribution in [0.25, 0.3) is 0 Å². The van der Waals surface area contributed by atoms with Crippen molar-refractivity contribution in [2.45, 2.75) is 77.6 Å². The quantitative estimate of drug-likeness (QED) is 0.647. The average molecular weight is 236 g/mol. The summed E-state index contributed by atoms with van der Waals surface area (Å²) in [6, 6.07) is 0. The minimum Gasteiger partial charge on any atom is -0.299 e. The summed E-state index contributed by atoms with van der Waals surface area (Å²) in [4.78, 5) is 12.2. The highest BCUT2D eigenvalue weighted by atomic mass is 16.1. The third-order valence-corrected chi connectivity index (χ3v) is 4.97. The second-order valence-corrected chi connectivity index (χ2v) is 6.25. The highest BCUT2D eigenvalue weighted by molar-refractivity contribution is 5.82. The van der Waals surface area contributed by atoms with E-state index in [4.69, 9.17) is 0 Å². The summed E-state index contributed by atoms with van der Waals surface area (Å²) in [6.45, 7) is 2.27. The Morgan fingerprint density at radius 3 is 2.41 bits per heavy atom. The Morgan fingerprint density at radius 2 is 1.76 bits per heavy atom. The van der Waals surface area contributed by atoms with Crippen molar-refractivity contribution in [1.29, 1.82) is 0 Å².